The van der Waals surface area contributed by atoms with Crippen LogP contribution in [0.2, 0.25) is 0 Å². The molecule has 2 heteroatoms. The van der Waals surface area contributed by atoms with Gasteiger partial charge in [-0.15, -0.1) is 0 Å². The van der Waals surface area contributed by atoms with E-state index in [2.05, 4.69) is 6.92 Å². The van der Waals surface area contributed by atoms with Gasteiger partial charge in [-0.1, -0.05) is 51.9 Å². The first-order chi connectivity index (χ1) is 7.22. The van der Waals surface area contributed by atoms with Gasteiger partial charge in [0.25, 0.3) is 0 Å². The summed E-state index contributed by atoms with van der Waals surface area (Å²) in [4.78, 5) is 21.3. The lowest BCUT2D eigenvalue weighted by molar-refractivity contribution is -0.119. The van der Waals surface area contributed by atoms with Crippen molar-refractivity contribution in [3.8, 4) is 0 Å². The number of carbonyl (C=O) groups is 1. The molecule has 0 heterocycles. The van der Waals surface area contributed by atoms with Crippen molar-refractivity contribution in [2.24, 2.45) is 5.92 Å². The first-order valence-electron chi connectivity index (χ1n) is 6.10. The molecule has 1 unspecified atom stereocenters. The van der Waals surface area contributed by atoms with Crippen LogP contribution in [0.1, 0.15) is 65.2 Å². The molecule has 1 radical (unpaired) electrons. The van der Waals surface area contributed by atoms with Gasteiger partial charge < -0.3 is 0 Å². The van der Waals surface area contributed by atoms with Crippen LogP contribution in [-0.2, 0) is 9.59 Å². The monoisotopic (exact) mass is 211 g/mol. The Morgan fingerprint density at radius 3 is 2.07 bits per heavy atom. The fourth-order valence-corrected chi connectivity index (χ4v) is 1.65. The molecule has 0 aliphatic rings. The van der Waals surface area contributed by atoms with Crippen molar-refractivity contribution >= 4 is 12.1 Å². The molecule has 0 saturated heterocycles. The number of carbonyl (C=O) groups excluding carboxylic acids is 2. The van der Waals surface area contributed by atoms with Crippen LogP contribution in [0.5, 0.6) is 0 Å². The summed E-state index contributed by atoms with van der Waals surface area (Å²) in [7, 11) is 0. The molecule has 0 aromatic rings. The van der Waals surface area contributed by atoms with Crippen LogP contribution >= 0.6 is 0 Å². The van der Waals surface area contributed by atoms with Crippen LogP contribution in [0.3, 0.4) is 0 Å². The Morgan fingerprint density at radius 2 is 1.60 bits per heavy atom. The maximum atomic E-state index is 10.9. The van der Waals surface area contributed by atoms with Gasteiger partial charge in [-0.2, -0.15) is 0 Å². The number of hydrogen-bond acceptors (Lipinski definition) is 2. The van der Waals surface area contributed by atoms with Crippen molar-refractivity contribution < 1.29 is 9.59 Å². The van der Waals surface area contributed by atoms with E-state index in [1.807, 2.05) is 6.29 Å². The summed E-state index contributed by atoms with van der Waals surface area (Å²) < 4.78 is 0. The summed E-state index contributed by atoms with van der Waals surface area (Å²) in [6, 6.07) is 0. The van der Waals surface area contributed by atoms with Gasteiger partial charge in [-0.25, -0.2) is 0 Å². The Labute approximate surface area is 93.4 Å². The summed E-state index contributed by atoms with van der Waals surface area (Å²) in [6.45, 7) is 3.67. The average Bonchev–Trinajstić information content (AvgIpc) is 2.21. The van der Waals surface area contributed by atoms with Gasteiger partial charge in [0, 0.05) is 0 Å². The Bertz CT molecular complexity index is 175. The van der Waals surface area contributed by atoms with Gasteiger partial charge in [-0.05, 0) is 13.3 Å². The van der Waals surface area contributed by atoms with Crippen LogP contribution in [0.15, 0.2) is 0 Å². The molecular weight excluding hydrogens is 188 g/mol. The largest absolute Gasteiger partial charge is 0.299 e. The Balaban J connectivity index is 3.29. The van der Waals surface area contributed by atoms with Gasteiger partial charge in [0.05, 0.1) is 5.92 Å². The van der Waals surface area contributed by atoms with E-state index in [-0.39, 0.29) is 5.78 Å². The van der Waals surface area contributed by atoms with E-state index in [1.165, 1.54) is 39.0 Å². The van der Waals surface area contributed by atoms with Crippen LogP contribution in [0.25, 0.3) is 0 Å². The second-order valence-electron chi connectivity index (χ2n) is 4.19. The van der Waals surface area contributed by atoms with Crippen molar-refractivity contribution in [3.63, 3.8) is 0 Å². The van der Waals surface area contributed by atoms with Crippen molar-refractivity contribution in [1.29, 1.82) is 0 Å². The van der Waals surface area contributed by atoms with Gasteiger partial charge >= 0.3 is 0 Å². The molecule has 0 fully saturated rings. The number of unbranched alkanes of at least 4 members (excludes halogenated alkanes) is 6. The minimum atomic E-state index is -0.472. The van der Waals surface area contributed by atoms with Crippen molar-refractivity contribution in [2.45, 2.75) is 65.2 Å². The second-order valence-corrected chi connectivity index (χ2v) is 4.19. The summed E-state index contributed by atoms with van der Waals surface area (Å²) in [6.07, 6.45) is 11.0. The zero-order chi connectivity index (χ0) is 11.5. The fraction of sp³-hybridized carbons (Fsp3) is 0.846. The molecule has 15 heavy (non-hydrogen) atoms. The SMILES string of the molecule is CCCCCCCCCC([C]=O)C(C)=O. The molecule has 87 valence electrons. The number of rotatable bonds is 10. The highest BCUT2D eigenvalue weighted by Gasteiger charge is 2.12. The van der Waals surface area contributed by atoms with Crippen LogP contribution in [0, 0.1) is 5.92 Å². The zero-order valence-corrected chi connectivity index (χ0v) is 10.1. The molecule has 2 nitrogen and oxygen atoms in total. The van der Waals surface area contributed by atoms with E-state index in [4.69, 9.17) is 0 Å². The lowest BCUT2D eigenvalue weighted by atomic mass is 9.98. The van der Waals surface area contributed by atoms with Crippen LogP contribution < -0.4 is 0 Å². The van der Waals surface area contributed by atoms with E-state index < -0.39 is 5.92 Å². The minimum absolute atomic E-state index is 0.0454. The molecule has 0 aliphatic carbocycles. The van der Waals surface area contributed by atoms with Gasteiger partial charge in [0.1, 0.15) is 5.78 Å². The molecule has 1 atom stereocenters. The highest BCUT2D eigenvalue weighted by atomic mass is 16.1. The molecular formula is C13H23O2. The first kappa shape index (κ1) is 14.3. The minimum Gasteiger partial charge on any atom is -0.299 e. The standard InChI is InChI=1S/C13H23O2/c1-3-4-5-6-7-8-9-10-13(11-14)12(2)15/h13H,3-10H2,1-2H3. The lowest BCUT2D eigenvalue weighted by Gasteiger charge is -2.04. The normalized spacial score (nSPS) is 12.4. The molecule has 0 aromatic carbocycles. The predicted molar refractivity (Wildman–Crippen MR) is 62.5 cm³/mol. The summed E-state index contributed by atoms with van der Waals surface area (Å²) in [5.41, 5.74) is 0. The summed E-state index contributed by atoms with van der Waals surface area (Å²) in [5, 5.41) is 0. The molecule has 0 saturated carbocycles. The van der Waals surface area contributed by atoms with Crippen LogP contribution in [0.4, 0.5) is 0 Å². The topological polar surface area (TPSA) is 34.1 Å². The maximum Gasteiger partial charge on any atom is 0.209 e. The quantitative estimate of drug-likeness (QED) is 0.410. The van der Waals surface area contributed by atoms with E-state index in [9.17, 15) is 9.59 Å². The smallest absolute Gasteiger partial charge is 0.209 e. The molecule has 0 amide bonds. The van der Waals surface area contributed by atoms with Gasteiger partial charge in [0.2, 0.25) is 6.29 Å². The summed E-state index contributed by atoms with van der Waals surface area (Å²) in [5.74, 6) is -0.517. The Kier molecular flexibility index (Phi) is 9.44. The lowest BCUT2D eigenvalue weighted by Crippen LogP contribution is -2.11. The van der Waals surface area contributed by atoms with Crippen LogP contribution in [-0.4, -0.2) is 12.1 Å². The van der Waals surface area contributed by atoms with E-state index >= 15 is 0 Å². The molecule has 0 N–H and O–H groups in total. The van der Waals surface area contributed by atoms with Crippen molar-refractivity contribution in [2.75, 3.05) is 0 Å². The molecule has 0 aliphatic heterocycles. The summed E-state index contributed by atoms with van der Waals surface area (Å²) >= 11 is 0. The third-order valence-corrected chi connectivity index (χ3v) is 2.73. The van der Waals surface area contributed by atoms with Gasteiger partial charge in [-0.3, -0.25) is 9.59 Å². The number of Topliss-reactive ketones (excluding diaryl/α,β-unsaturated/α-hetero) is 1. The maximum absolute atomic E-state index is 10.9. The van der Waals surface area contributed by atoms with Crippen molar-refractivity contribution in [1.82, 2.24) is 0 Å². The van der Waals surface area contributed by atoms with E-state index in [1.54, 1.807) is 0 Å². The third-order valence-electron chi connectivity index (χ3n) is 2.73. The van der Waals surface area contributed by atoms with E-state index in [0.29, 0.717) is 6.42 Å². The predicted octanol–water partition coefficient (Wildman–Crippen LogP) is 3.44. The van der Waals surface area contributed by atoms with E-state index in [0.717, 1.165) is 12.8 Å². The average molecular weight is 211 g/mol. The zero-order valence-electron chi connectivity index (χ0n) is 10.1. The first-order valence-corrected chi connectivity index (χ1v) is 6.10. The van der Waals surface area contributed by atoms with Crippen molar-refractivity contribution in [3.05, 3.63) is 0 Å². The Morgan fingerprint density at radius 1 is 1.07 bits per heavy atom. The molecule has 0 spiro atoms. The molecule has 0 aromatic heterocycles. The highest BCUT2D eigenvalue weighted by molar-refractivity contribution is 5.91. The molecule has 0 bridgehead atoms. The Hall–Kier alpha value is -0.660. The third kappa shape index (κ3) is 8.34. The molecule has 0 rings (SSSR count). The fourth-order valence-electron chi connectivity index (χ4n) is 1.65. The highest BCUT2D eigenvalue weighted by Crippen LogP contribution is 2.12. The number of hydrogen-bond donors (Lipinski definition) is 0. The number of ketones is 1. The van der Waals surface area contributed by atoms with Gasteiger partial charge in [0.15, 0.2) is 0 Å². The second kappa shape index (κ2) is 9.88.